The number of aliphatic hydroxyl groups excluding tert-OH is 1. The first-order valence-electron chi connectivity index (χ1n) is 7.16. The molecule has 0 aliphatic carbocycles. The van der Waals surface area contributed by atoms with Gasteiger partial charge in [0.2, 0.25) is 0 Å². The normalized spacial score (nSPS) is 10.5. The first-order valence-corrected chi connectivity index (χ1v) is 7.16. The Balaban J connectivity index is 1.92. The number of rotatable bonds is 4. The SMILES string of the molecule is COc1ccc(NC(=O)c2ccnc3ccccc23)cc1CO. The van der Waals surface area contributed by atoms with E-state index in [-0.39, 0.29) is 12.5 Å². The van der Waals surface area contributed by atoms with E-state index in [1.165, 1.54) is 7.11 Å². The summed E-state index contributed by atoms with van der Waals surface area (Å²) in [7, 11) is 1.54. The Labute approximate surface area is 133 Å². The van der Waals surface area contributed by atoms with E-state index in [0.717, 1.165) is 10.9 Å². The highest BCUT2D eigenvalue weighted by molar-refractivity contribution is 6.12. The Hall–Kier alpha value is -2.92. The van der Waals surface area contributed by atoms with Crippen LogP contribution in [0.15, 0.2) is 54.7 Å². The molecular formula is C18H16N2O3. The average Bonchev–Trinajstić information content (AvgIpc) is 2.61. The number of ether oxygens (including phenoxy) is 1. The van der Waals surface area contributed by atoms with Gasteiger partial charge in [-0.05, 0) is 30.3 Å². The number of nitrogens with zero attached hydrogens (tertiary/aromatic N) is 1. The minimum atomic E-state index is -0.224. The van der Waals surface area contributed by atoms with Crippen molar-refractivity contribution < 1.29 is 14.6 Å². The lowest BCUT2D eigenvalue weighted by Crippen LogP contribution is -2.13. The molecule has 0 saturated heterocycles. The number of hydrogen-bond acceptors (Lipinski definition) is 4. The standard InChI is InChI=1S/C18H16N2O3/c1-23-17-7-6-13(10-12(17)11-21)20-18(22)15-8-9-19-16-5-3-2-4-14(15)16/h2-10,21H,11H2,1H3,(H,20,22). The fourth-order valence-electron chi connectivity index (χ4n) is 2.47. The van der Waals surface area contributed by atoms with Crippen LogP contribution in [0, 0.1) is 0 Å². The van der Waals surface area contributed by atoms with Gasteiger partial charge in [-0.3, -0.25) is 9.78 Å². The summed E-state index contributed by atoms with van der Waals surface area (Å²) < 4.78 is 5.16. The number of aromatic nitrogens is 1. The number of nitrogens with one attached hydrogen (secondary N) is 1. The van der Waals surface area contributed by atoms with Crippen molar-refractivity contribution in [2.45, 2.75) is 6.61 Å². The van der Waals surface area contributed by atoms with Crippen molar-refractivity contribution in [2.24, 2.45) is 0 Å². The smallest absolute Gasteiger partial charge is 0.256 e. The molecule has 0 saturated carbocycles. The van der Waals surface area contributed by atoms with Gasteiger partial charge in [-0.25, -0.2) is 0 Å². The summed E-state index contributed by atoms with van der Waals surface area (Å²) >= 11 is 0. The fourth-order valence-corrected chi connectivity index (χ4v) is 2.47. The van der Waals surface area contributed by atoms with Gasteiger partial charge in [-0.15, -0.1) is 0 Å². The summed E-state index contributed by atoms with van der Waals surface area (Å²) in [6, 6.07) is 14.3. The van der Waals surface area contributed by atoms with Gasteiger partial charge in [0.25, 0.3) is 5.91 Å². The lowest BCUT2D eigenvalue weighted by atomic mass is 10.1. The van der Waals surface area contributed by atoms with Crippen LogP contribution in [0.2, 0.25) is 0 Å². The molecule has 0 bridgehead atoms. The van der Waals surface area contributed by atoms with E-state index in [9.17, 15) is 9.90 Å². The second-order valence-electron chi connectivity index (χ2n) is 5.01. The third-order valence-corrected chi connectivity index (χ3v) is 3.60. The highest BCUT2D eigenvalue weighted by Gasteiger charge is 2.12. The van der Waals surface area contributed by atoms with Crippen LogP contribution in [-0.2, 0) is 6.61 Å². The van der Waals surface area contributed by atoms with Gasteiger partial charge in [-0.2, -0.15) is 0 Å². The topological polar surface area (TPSA) is 71.5 Å². The van der Waals surface area contributed by atoms with Gasteiger partial charge in [0.15, 0.2) is 0 Å². The van der Waals surface area contributed by atoms with Crippen molar-refractivity contribution in [2.75, 3.05) is 12.4 Å². The van der Waals surface area contributed by atoms with Crippen molar-refractivity contribution in [1.82, 2.24) is 4.98 Å². The molecule has 5 heteroatoms. The Kier molecular flexibility index (Phi) is 4.21. The molecule has 1 heterocycles. The molecule has 23 heavy (non-hydrogen) atoms. The first kappa shape index (κ1) is 15.0. The zero-order chi connectivity index (χ0) is 16.2. The maximum Gasteiger partial charge on any atom is 0.256 e. The van der Waals surface area contributed by atoms with Gasteiger partial charge in [0, 0.05) is 22.8 Å². The summed E-state index contributed by atoms with van der Waals surface area (Å²) in [5, 5.41) is 13.0. The van der Waals surface area contributed by atoms with Crippen molar-refractivity contribution in [3.8, 4) is 5.75 Å². The molecule has 116 valence electrons. The molecular weight excluding hydrogens is 292 g/mol. The summed E-state index contributed by atoms with van der Waals surface area (Å²) in [6.45, 7) is -0.162. The average molecular weight is 308 g/mol. The quantitative estimate of drug-likeness (QED) is 0.777. The molecule has 1 amide bonds. The van der Waals surface area contributed by atoms with Crippen LogP contribution in [0.3, 0.4) is 0 Å². The molecule has 0 fully saturated rings. The molecule has 3 aromatic rings. The van der Waals surface area contributed by atoms with E-state index >= 15 is 0 Å². The third-order valence-electron chi connectivity index (χ3n) is 3.60. The minimum absolute atomic E-state index is 0.162. The summed E-state index contributed by atoms with van der Waals surface area (Å²) in [5.74, 6) is 0.359. The lowest BCUT2D eigenvalue weighted by Gasteiger charge is -2.11. The molecule has 2 aromatic carbocycles. The molecule has 0 spiro atoms. The Morgan fingerprint density at radius 2 is 2.04 bits per heavy atom. The fraction of sp³-hybridized carbons (Fsp3) is 0.111. The van der Waals surface area contributed by atoms with Gasteiger partial charge in [0.05, 0.1) is 24.8 Å². The molecule has 0 aliphatic heterocycles. The van der Waals surface area contributed by atoms with Gasteiger partial charge >= 0.3 is 0 Å². The van der Waals surface area contributed by atoms with Crippen LogP contribution >= 0.6 is 0 Å². The zero-order valence-corrected chi connectivity index (χ0v) is 12.6. The Morgan fingerprint density at radius 3 is 2.83 bits per heavy atom. The molecule has 2 N–H and O–H groups in total. The molecule has 0 aliphatic rings. The van der Waals surface area contributed by atoms with Gasteiger partial charge < -0.3 is 15.2 Å². The molecule has 3 rings (SSSR count). The summed E-state index contributed by atoms with van der Waals surface area (Å²) in [6.07, 6.45) is 1.62. The van der Waals surface area contributed by atoms with Crippen molar-refractivity contribution in [3.63, 3.8) is 0 Å². The number of hydrogen-bond donors (Lipinski definition) is 2. The first-order chi connectivity index (χ1) is 11.2. The second kappa shape index (κ2) is 6.46. The van der Waals surface area contributed by atoms with Crippen molar-refractivity contribution in [1.29, 1.82) is 0 Å². The number of carbonyl (C=O) groups excluding carboxylic acids is 1. The third kappa shape index (κ3) is 3.00. The zero-order valence-electron chi connectivity index (χ0n) is 12.6. The van der Waals surface area contributed by atoms with E-state index < -0.39 is 0 Å². The number of carbonyl (C=O) groups is 1. The van der Waals surface area contributed by atoms with E-state index in [1.54, 1.807) is 30.5 Å². The predicted octanol–water partition coefficient (Wildman–Crippen LogP) is 2.99. The minimum Gasteiger partial charge on any atom is -0.496 e. The number of methoxy groups -OCH3 is 1. The van der Waals surface area contributed by atoms with Crippen LogP contribution in [0.1, 0.15) is 15.9 Å². The number of pyridine rings is 1. The van der Waals surface area contributed by atoms with Crippen LogP contribution < -0.4 is 10.1 Å². The van der Waals surface area contributed by atoms with E-state index in [1.807, 2.05) is 24.3 Å². The number of amides is 1. The molecule has 1 aromatic heterocycles. The monoisotopic (exact) mass is 308 g/mol. The van der Waals surface area contributed by atoms with Gasteiger partial charge in [0.1, 0.15) is 5.75 Å². The number of anilines is 1. The number of fused-ring (bicyclic) bond motifs is 1. The Morgan fingerprint density at radius 1 is 1.22 bits per heavy atom. The maximum absolute atomic E-state index is 12.5. The predicted molar refractivity (Wildman–Crippen MR) is 88.6 cm³/mol. The number of benzene rings is 2. The number of para-hydroxylation sites is 1. The van der Waals surface area contributed by atoms with Crippen LogP contribution in [0.25, 0.3) is 10.9 Å². The van der Waals surface area contributed by atoms with Crippen molar-refractivity contribution >= 4 is 22.5 Å². The van der Waals surface area contributed by atoms with E-state index in [4.69, 9.17) is 4.74 Å². The molecule has 0 atom stereocenters. The van der Waals surface area contributed by atoms with Crippen LogP contribution in [-0.4, -0.2) is 23.1 Å². The maximum atomic E-state index is 12.5. The van der Waals surface area contributed by atoms with E-state index in [0.29, 0.717) is 22.6 Å². The van der Waals surface area contributed by atoms with E-state index in [2.05, 4.69) is 10.3 Å². The Bertz CT molecular complexity index is 857. The van der Waals surface area contributed by atoms with Crippen LogP contribution in [0.4, 0.5) is 5.69 Å². The summed E-state index contributed by atoms with van der Waals surface area (Å²) in [5.41, 5.74) is 2.54. The lowest BCUT2D eigenvalue weighted by molar-refractivity contribution is 0.102. The molecule has 0 radical (unpaired) electrons. The highest BCUT2D eigenvalue weighted by atomic mass is 16.5. The van der Waals surface area contributed by atoms with Gasteiger partial charge in [-0.1, -0.05) is 18.2 Å². The van der Waals surface area contributed by atoms with Crippen LogP contribution in [0.5, 0.6) is 5.75 Å². The number of aliphatic hydroxyl groups is 1. The second-order valence-corrected chi connectivity index (χ2v) is 5.01. The summed E-state index contributed by atoms with van der Waals surface area (Å²) in [4.78, 5) is 16.8. The van der Waals surface area contributed by atoms with Crippen molar-refractivity contribution in [3.05, 3.63) is 65.9 Å². The molecule has 5 nitrogen and oxygen atoms in total. The highest BCUT2D eigenvalue weighted by Crippen LogP contribution is 2.24. The molecule has 0 unspecified atom stereocenters. The largest absolute Gasteiger partial charge is 0.496 e.